The van der Waals surface area contributed by atoms with Gasteiger partial charge < -0.3 is 5.11 Å². The highest BCUT2D eigenvalue weighted by atomic mass is 79.9. The van der Waals surface area contributed by atoms with E-state index >= 15 is 0 Å². The van der Waals surface area contributed by atoms with Crippen LogP contribution in [0.25, 0.3) is 0 Å². The standard InChI is InChI=1S/C10H12BrNO5S/c1-3-17-12-18(15,16)9-5-7(10(13)14)4-8(11)6(9)2/h4-5,12H,3H2,1-2H3,(H,13,14). The Morgan fingerprint density at radius 2 is 2.11 bits per heavy atom. The van der Waals surface area contributed by atoms with E-state index in [1.54, 1.807) is 13.8 Å². The zero-order valence-electron chi connectivity index (χ0n) is 9.73. The first kappa shape index (κ1) is 15.1. The van der Waals surface area contributed by atoms with Crippen LogP contribution in [0.5, 0.6) is 0 Å². The van der Waals surface area contributed by atoms with Gasteiger partial charge in [0.2, 0.25) is 0 Å². The fourth-order valence-electron chi connectivity index (χ4n) is 1.24. The molecule has 0 bridgehead atoms. The molecule has 0 radical (unpaired) electrons. The zero-order valence-corrected chi connectivity index (χ0v) is 12.1. The largest absolute Gasteiger partial charge is 0.478 e. The van der Waals surface area contributed by atoms with E-state index in [2.05, 4.69) is 20.8 Å². The van der Waals surface area contributed by atoms with Gasteiger partial charge in [-0.25, -0.2) is 13.2 Å². The highest BCUT2D eigenvalue weighted by molar-refractivity contribution is 9.10. The minimum absolute atomic E-state index is 0.121. The van der Waals surface area contributed by atoms with Crippen LogP contribution in [-0.2, 0) is 14.9 Å². The molecule has 0 saturated heterocycles. The molecule has 6 nitrogen and oxygen atoms in total. The molecule has 1 aromatic rings. The second-order valence-corrected chi connectivity index (χ2v) is 5.87. The maximum absolute atomic E-state index is 11.9. The summed E-state index contributed by atoms with van der Waals surface area (Å²) in [4.78, 5) is 17.3. The van der Waals surface area contributed by atoms with Gasteiger partial charge in [-0.05, 0) is 31.5 Å². The molecule has 8 heteroatoms. The number of benzene rings is 1. The molecule has 0 fully saturated rings. The van der Waals surface area contributed by atoms with Crippen LogP contribution in [0.15, 0.2) is 21.5 Å². The molecule has 0 atom stereocenters. The first-order valence-corrected chi connectivity index (χ1v) is 7.24. The van der Waals surface area contributed by atoms with Crippen molar-refractivity contribution in [3.63, 3.8) is 0 Å². The van der Waals surface area contributed by atoms with Gasteiger partial charge in [0.15, 0.2) is 0 Å². The number of sulfonamides is 1. The Balaban J connectivity index is 3.35. The molecular weight excluding hydrogens is 326 g/mol. The summed E-state index contributed by atoms with van der Waals surface area (Å²) in [6, 6.07) is 2.43. The van der Waals surface area contributed by atoms with Gasteiger partial charge in [-0.2, -0.15) is 0 Å². The number of carboxylic acid groups (broad SMARTS) is 1. The monoisotopic (exact) mass is 337 g/mol. The lowest BCUT2D eigenvalue weighted by atomic mass is 10.1. The van der Waals surface area contributed by atoms with Crippen molar-refractivity contribution in [1.82, 2.24) is 4.89 Å². The highest BCUT2D eigenvalue weighted by Crippen LogP contribution is 2.25. The molecule has 0 aliphatic rings. The molecular formula is C10H12BrNO5S. The van der Waals surface area contributed by atoms with Crippen LogP contribution < -0.4 is 4.89 Å². The molecule has 1 rings (SSSR count). The van der Waals surface area contributed by atoms with Gasteiger partial charge in [0, 0.05) is 4.47 Å². The number of hydrogen-bond donors (Lipinski definition) is 2. The third-order valence-electron chi connectivity index (χ3n) is 2.15. The molecule has 0 aliphatic carbocycles. The summed E-state index contributed by atoms with van der Waals surface area (Å²) in [6.45, 7) is 3.35. The number of nitrogens with one attached hydrogen (secondary N) is 1. The van der Waals surface area contributed by atoms with Crippen molar-refractivity contribution in [2.24, 2.45) is 0 Å². The molecule has 0 heterocycles. The lowest BCUT2D eigenvalue weighted by Crippen LogP contribution is -2.25. The van der Waals surface area contributed by atoms with Gasteiger partial charge in [-0.1, -0.05) is 20.8 Å². The summed E-state index contributed by atoms with van der Waals surface area (Å²) in [6.07, 6.45) is 0. The second-order valence-electron chi connectivity index (χ2n) is 3.41. The summed E-state index contributed by atoms with van der Waals surface area (Å²) >= 11 is 3.13. The Morgan fingerprint density at radius 1 is 1.50 bits per heavy atom. The third-order valence-corrected chi connectivity index (χ3v) is 4.31. The van der Waals surface area contributed by atoms with E-state index in [1.165, 1.54) is 6.07 Å². The molecule has 2 N–H and O–H groups in total. The summed E-state index contributed by atoms with van der Waals surface area (Å²) in [7, 11) is -3.90. The number of halogens is 1. The number of rotatable bonds is 5. The van der Waals surface area contributed by atoms with E-state index in [9.17, 15) is 13.2 Å². The lowest BCUT2D eigenvalue weighted by molar-refractivity contribution is 0.0696. The second kappa shape index (κ2) is 5.79. The Morgan fingerprint density at radius 3 is 2.61 bits per heavy atom. The Kier molecular flexibility index (Phi) is 4.85. The average Bonchev–Trinajstić information content (AvgIpc) is 2.29. The normalized spacial score (nSPS) is 11.5. The van der Waals surface area contributed by atoms with Crippen molar-refractivity contribution in [3.8, 4) is 0 Å². The van der Waals surface area contributed by atoms with E-state index in [-0.39, 0.29) is 17.1 Å². The minimum atomic E-state index is -3.90. The molecule has 18 heavy (non-hydrogen) atoms. The smallest absolute Gasteiger partial charge is 0.335 e. The van der Waals surface area contributed by atoms with E-state index in [1.807, 2.05) is 4.89 Å². The van der Waals surface area contributed by atoms with Crippen molar-refractivity contribution in [2.75, 3.05) is 6.61 Å². The Labute approximate surface area is 113 Å². The van der Waals surface area contributed by atoms with Crippen molar-refractivity contribution >= 4 is 31.9 Å². The Hall–Kier alpha value is -0.960. The van der Waals surface area contributed by atoms with Gasteiger partial charge in [0.05, 0.1) is 17.1 Å². The lowest BCUT2D eigenvalue weighted by Gasteiger charge is -2.11. The van der Waals surface area contributed by atoms with Gasteiger partial charge >= 0.3 is 5.97 Å². The molecule has 0 saturated carbocycles. The SMILES string of the molecule is CCONS(=O)(=O)c1cc(C(=O)O)cc(Br)c1C. The molecule has 0 spiro atoms. The van der Waals surface area contributed by atoms with Crippen molar-refractivity contribution in [2.45, 2.75) is 18.7 Å². The van der Waals surface area contributed by atoms with Gasteiger partial charge in [0.1, 0.15) is 0 Å². The fourth-order valence-corrected chi connectivity index (χ4v) is 2.99. The summed E-state index contributed by atoms with van der Waals surface area (Å²) in [5.41, 5.74) is 0.288. The zero-order chi connectivity index (χ0) is 13.9. The van der Waals surface area contributed by atoms with Crippen LogP contribution in [-0.4, -0.2) is 26.1 Å². The van der Waals surface area contributed by atoms with Crippen LogP contribution >= 0.6 is 15.9 Å². The molecule has 0 aromatic heterocycles. The Bertz CT molecular complexity index is 570. The maximum atomic E-state index is 11.9. The topological polar surface area (TPSA) is 92.7 Å². The first-order chi connectivity index (χ1) is 8.29. The molecule has 0 unspecified atom stereocenters. The van der Waals surface area contributed by atoms with Crippen molar-refractivity contribution < 1.29 is 23.2 Å². The van der Waals surface area contributed by atoms with E-state index in [0.29, 0.717) is 10.0 Å². The third kappa shape index (κ3) is 3.29. The highest BCUT2D eigenvalue weighted by Gasteiger charge is 2.21. The predicted molar refractivity (Wildman–Crippen MR) is 67.8 cm³/mol. The van der Waals surface area contributed by atoms with Crippen LogP contribution in [0.3, 0.4) is 0 Å². The van der Waals surface area contributed by atoms with Gasteiger partial charge in [0.25, 0.3) is 10.0 Å². The fraction of sp³-hybridized carbons (Fsp3) is 0.300. The van der Waals surface area contributed by atoms with E-state index in [4.69, 9.17) is 5.11 Å². The summed E-state index contributed by atoms with van der Waals surface area (Å²) in [5.74, 6) is -1.21. The van der Waals surface area contributed by atoms with Crippen LogP contribution in [0.4, 0.5) is 0 Å². The van der Waals surface area contributed by atoms with Crippen LogP contribution in [0, 0.1) is 6.92 Å². The van der Waals surface area contributed by atoms with Gasteiger partial charge in [-0.15, -0.1) is 0 Å². The van der Waals surface area contributed by atoms with Crippen molar-refractivity contribution in [3.05, 3.63) is 27.7 Å². The number of carboxylic acids is 1. The number of carbonyl (C=O) groups is 1. The average molecular weight is 338 g/mol. The van der Waals surface area contributed by atoms with Gasteiger partial charge in [-0.3, -0.25) is 4.84 Å². The summed E-state index contributed by atoms with van der Waals surface area (Å²) < 4.78 is 24.2. The van der Waals surface area contributed by atoms with Crippen LogP contribution in [0.2, 0.25) is 0 Å². The summed E-state index contributed by atoms with van der Waals surface area (Å²) in [5, 5.41) is 8.90. The van der Waals surface area contributed by atoms with Crippen molar-refractivity contribution in [1.29, 1.82) is 0 Å². The maximum Gasteiger partial charge on any atom is 0.335 e. The minimum Gasteiger partial charge on any atom is -0.478 e. The first-order valence-electron chi connectivity index (χ1n) is 4.96. The molecule has 0 amide bonds. The quantitative estimate of drug-likeness (QED) is 0.797. The molecule has 0 aliphatic heterocycles. The van der Waals surface area contributed by atoms with Crippen LogP contribution in [0.1, 0.15) is 22.8 Å². The number of aromatic carboxylic acids is 1. The van der Waals surface area contributed by atoms with E-state index in [0.717, 1.165) is 6.07 Å². The van der Waals surface area contributed by atoms with E-state index < -0.39 is 16.0 Å². The number of hydrogen-bond acceptors (Lipinski definition) is 4. The molecule has 1 aromatic carbocycles. The molecule has 100 valence electrons. The predicted octanol–water partition coefficient (Wildman–Crippen LogP) is 1.69.